The molecule has 1 aromatic heterocycles. The van der Waals surface area contributed by atoms with Crippen molar-refractivity contribution in [3.8, 4) is 5.75 Å². The average Bonchev–Trinajstić information content (AvgIpc) is 2.51. The van der Waals surface area contributed by atoms with Crippen molar-refractivity contribution in [2.24, 2.45) is 0 Å². The van der Waals surface area contributed by atoms with Crippen LogP contribution in [0.3, 0.4) is 0 Å². The Balaban J connectivity index is 2.36. The summed E-state index contributed by atoms with van der Waals surface area (Å²) in [6, 6.07) is 0. The average molecular weight is 218 g/mol. The quantitative estimate of drug-likeness (QED) is 0.777. The SMILES string of the molecule is CCS(=O)(=O)CCCn1cc(O)cn1. The molecule has 6 heteroatoms. The van der Waals surface area contributed by atoms with E-state index in [1.807, 2.05) is 0 Å². The predicted octanol–water partition coefficient (Wildman–Crippen LogP) is 0.414. The molecular weight excluding hydrogens is 204 g/mol. The molecule has 0 aromatic carbocycles. The molecule has 0 aliphatic carbocycles. The first-order valence-electron chi connectivity index (χ1n) is 4.45. The zero-order chi connectivity index (χ0) is 10.6. The minimum atomic E-state index is -2.89. The van der Waals surface area contributed by atoms with Gasteiger partial charge >= 0.3 is 0 Å². The van der Waals surface area contributed by atoms with Crippen LogP contribution >= 0.6 is 0 Å². The van der Waals surface area contributed by atoms with Crippen molar-refractivity contribution in [1.29, 1.82) is 0 Å². The van der Waals surface area contributed by atoms with Crippen LogP contribution < -0.4 is 0 Å². The van der Waals surface area contributed by atoms with Crippen LogP contribution in [0.25, 0.3) is 0 Å². The van der Waals surface area contributed by atoms with Crippen LogP contribution in [-0.4, -0.2) is 34.8 Å². The lowest BCUT2D eigenvalue weighted by molar-refractivity contribution is 0.473. The van der Waals surface area contributed by atoms with E-state index in [-0.39, 0.29) is 17.3 Å². The second-order valence-corrected chi connectivity index (χ2v) is 5.52. The number of hydrogen-bond donors (Lipinski definition) is 1. The monoisotopic (exact) mass is 218 g/mol. The van der Waals surface area contributed by atoms with Gasteiger partial charge in [-0.2, -0.15) is 5.10 Å². The van der Waals surface area contributed by atoms with Crippen molar-refractivity contribution >= 4 is 9.84 Å². The Bertz CT molecular complexity index is 383. The molecule has 0 atom stereocenters. The molecule has 0 radical (unpaired) electrons. The highest BCUT2D eigenvalue weighted by Gasteiger charge is 2.06. The molecule has 0 saturated heterocycles. The van der Waals surface area contributed by atoms with Gasteiger partial charge in [-0.05, 0) is 6.42 Å². The van der Waals surface area contributed by atoms with Gasteiger partial charge in [-0.1, -0.05) is 6.92 Å². The maximum absolute atomic E-state index is 11.1. The minimum Gasteiger partial charge on any atom is -0.505 e. The van der Waals surface area contributed by atoms with Crippen LogP contribution in [0.4, 0.5) is 0 Å². The third-order valence-electron chi connectivity index (χ3n) is 1.90. The molecular formula is C8H14N2O3S. The van der Waals surface area contributed by atoms with E-state index in [9.17, 15) is 8.42 Å². The summed E-state index contributed by atoms with van der Waals surface area (Å²) in [7, 11) is -2.89. The number of rotatable bonds is 5. The zero-order valence-electron chi connectivity index (χ0n) is 8.05. The van der Waals surface area contributed by atoms with Crippen LogP contribution in [0.1, 0.15) is 13.3 Å². The maximum atomic E-state index is 11.1. The van der Waals surface area contributed by atoms with Crippen molar-refractivity contribution < 1.29 is 13.5 Å². The maximum Gasteiger partial charge on any atom is 0.153 e. The topological polar surface area (TPSA) is 72.2 Å². The molecule has 1 heterocycles. The van der Waals surface area contributed by atoms with Crippen molar-refractivity contribution in [3.63, 3.8) is 0 Å². The summed E-state index contributed by atoms with van der Waals surface area (Å²) in [5.41, 5.74) is 0. The second kappa shape index (κ2) is 4.45. The van der Waals surface area contributed by atoms with Crippen molar-refractivity contribution in [2.75, 3.05) is 11.5 Å². The number of aryl methyl sites for hydroxylation is 1. The fraction of sp³-hybridized carbons (Fsp3) is 0.625. The van der Waals surface area contributed by atoms with Crippen LogP contribution in [0, 0.1) is 0 Å². The van der Waals surface area contributed by atoms with Crippen LogP contribution in [0.5, 0.6) is 5.75 Å². The molecule has 0 fully saturated rings. The Kier molecular flexibility index (Phi) is 3.51. The lowest BCUT2D eigenvalue weighted by atomic mass is 10.5. The standard InChI is InChI=1S/C8H14N2O3S/c1-2-14(12,13)5-3-4-10-7-8(11)6-9-10/h6-7,11H,2-5H2,1H3. The molecule has 1 N–H and O–H groups in total. The molecule has 1 aromatic rings. The van der Waals surface area contributed by atoms with Gasteiger partial charge in [0.2, 0.25) is 0 Å². The molecule has 0 aliphatic heterocycles. The lowest BCUT2D eigenvalue weighted by Gasteiger charge is -2.01. The van der Waals surface area contributed by atoms with E-state index in [0.29, 0.717) is 13.0 Å². The third kappa shape index (κ3) is 3.37. The van der Waals surface area contributed by atoms with Gasteiger partial charge in [-0.25, -0.2) is 8.42 Å². The van der Waals surface area contributed by atoms with E-state index in [4.69, 9.17) is 5.11 Å². The van der Waals surface area contributed by atoms with Crippen LogP contribution in [-0.2, 0) is 16.4 Å². The van der Waals surface area contributed by atoms with Gasteiger partial charge in [0.25, 0.3) is 0 Å². The highest BCUT2D eigenvalue weighted by molar-refractivity contribution is 7.91. The van der Waals surface area contributed by atoms with Gasteiger partial charge in [0.05, 0.1) is 18.1 Å². The van der Waals surface area contributed by atoms with E-state index >= 15 is 0 Å². The largest absolute Gasteiger partial charge is 0.505 e. The summed E-state index contributed by atoms with van der Waals surface area (Å²) in [5, 5.41) is 12.8. The first kappa shape index (κ1) is 11.0. The summed E-state index contributed by atoms with van der Waals surface area (Å²) in [6.45, 7) is 2.15. The van der Waals surface area contributed by atoms with E-state index in [1.54, 1.807) is 6.92 Å². The van der Waals surface area contributed by atoms with Gasteiger partial charge in [0.15, 0.2) is 5.75 Å². The summed E-state index contributed by atoms with van der Waals surface area (Å²) >= 11 is 0. The lowest BCUT2D eigenvalue weighted by Crippen LogP contribution is -2.11. The molecule has 1 rings (SSSR count). The Morgan fingerprint density at radius 3 is 2.79 bits per heavy atom. The van der Waals surface area contributed by atoms with Crippen LogP contribution in [0.15, 0.2) is 12.4 Å². The summed E-state index contributed by atoms with van der Waals surface area (Å²) < 4.78 is 23.8. The zero-order valence-corrected chi connectivity index (χ0v) is 8.87. The number of aromatic hydroxyl groups is 1. The predicted molar refractivity (Wildman–Crippen MR) is 52.8 cm³/mol. The second-order valence-electron chi connectivity index (χ2n) is 3.05. The van der Waals surface area contributed by atoms with Crippen LogP contribution in [0.2, 0.25) is 0 Å². The van der Waals surface area contributed by atoms with Gasteiger partial charge in [0, 0.05) is 12.3 Å². The molecule has 14 heavy (non-hydrogen) atoms. The first-order chi connectivity index (χ1) is 6.53. The number of hydrogen-bond acceptors (Lipinski definition) is 4. The van der Waals surface area contributed by atoms with E-state index in [2.05, 4.69) is 5.10 Å². The molecule has 0 bridgehead atoms. The van der Waals surface area contributed by atoms with E-state index < -0.39 is 9.84 Å². The first-order valence-corrected chi connectivity index (χ1v) is 6.27. The smallest absolute Gasteiger partial charge is 0.153 e. The molecule has 0 saturated carbocycles. The van der Waals surface area contributed by atoms with Gasteiger partial charge < -0.3 is 5.11 Å². The summed E-state index contributed by atoms with van der Waals surface area (Å²) in [5.74, 6) is 0.449. The van der Waals surface area contributed by atoms with Gasteiger partial charge in [-0.3, -0.25) is 4.68 Å². The molecule has 5 nitrogen and oxygen atoms in total. The molecule has 0 amide bonds. The summed E-state index contributed by atoms with van der Waals surface area (Å²) in [4.78, 5) is 0. The fourth-order valence-corrected chi connectivity index (χ4v) is 1.92. The Hall–Kier alpha value is -1.04. The van der Waals surface area contributed by atoms with E-state index in [1.165, 1.54) is 17.1 Å². The molecule has 0 aliphatic rings. The number of aromatic nitrogens is 2. The highest BCUT2D eigenvalue weighted by atomic mass is 32.2. The van der Waals surface area contributed by atoms with Crippen molar-refractivity contribution in [3.05, 3.63) is 12.4 Å². The van der Waals surface area contributed by atoms with E-state index in [0.717, 1.165) is 0 Å². The van der Waals surface area contributed by atoms with Gasteiger partial charge in [0.1, 0.15) is 9.84 Å². The normalized spacial score (nSPS) is 11.8. The van der Waals surface area contributed by atoms with Crippen molar-refractivity contribution in [2.45, 2.75) is 19.9 Å². The molecule has 80 valence electrons. The van der Waals surface area contributed by atoms with Crippen molar-refractivity contribution in [1.82, 2.24) is 9.78 Å². The Morgan fingerprint density at radius 1 is 1.57 bits per heavy atom. The third-order valence-corrected chi connectivity index (χ3v) is 3.69. The summed E-state index contributed by atoms with van der Waals surface area (Å²) in [6.07, 6.45) is 3.32. The number of sulfone groups is 1. The Morgan fingerprint density at radius 2 is 2.29 bits per heavy atom. The molecule has 0 spiro atoms. The molecule has 0 unspecified atom stereocenters. The highest BCUT2D eigenvalue weighted by Crippen LogP contribution is 2.05. The number of nitrogens with zero attached hydrogens (tertiary/aromatic N) is 2. The fourth-order valence-electron chi connectivity index (χ4n) is 1.07. The van der Waals surface area contributed by atoms with Gasteiger partial charge in [-0.15, -0.1) is 0 Å². The Labute approximate surface area is 83.3 Å². The minimum absolute atomic E-state index is 0.100.